The molecule has 194 valence electrons. The highest BCUT2D eigenvalue weighted by molar-refractivity contribution is 6.32. The largest absolute Gasteiger partial charge is 0.507 e. The zero-order valence-electron chi connectivity index (χ0n) is 20.5. The summed E-state index contributed by atoms with van der Waals surface area (Å²) in [7, 11) is 2.91. The molecule has 0 spiro atoms. The number of fused-ring (bicyclic) bond motifs is 3. The molecule has 5 rings (SSSR count). The average molecular weight is 509 g/mol. The van der Waals surface area contributed by atoms with E-state index in [4.69, 9.17) is 5.73 Å². The Labute approximate surface area is 212 Å². The summed E-state index contributed by atoms with van der Waals surface area (Å²) in [5.74, 6) is -13.2. The Balaban J connectivity index is 1.70. The molecule has 1 aromatic rings. The van der Waals surface area contributed by atoms with Crippen LogP contribution in [0.2, 0.25) is 0 Å². The van der Waals surface area contributed by atoms with Crippen LogP contribution in [0.25, 0.3) is 5.57 Å². The van der Waals surface area contributed by atoms with Gasteiger partial charge >= 0.3 is 0 Å². The summed E-state index contributed by atoms with van der Waals surface area (Å²) in [5.41, 5.74) is 3.83. The highest BCUT2D eigenvalue weighted by Gasteiger charge is 2.72. The summed E-state index contributed by atoms with van der Waals surface area (Å²) < 4.78 is 0. The number of nitrogens with two attached hydrogens (primary N) is 1. The number of likely N-dealkylation sites (N-methyl/N-ethyl adjacent to an activating group) is 1. The molecule has 0 heterocycles. The molecule has 1 aromatic carbocycles. The Hall–Kier alpha value is -3.47. The van der Waals surface area contributed by atoms with E-state index in [-0.39, 0.29) is 11.3 Å². The summed E-state index contributed by atoms with van der Waals surface area (Å²) in [6.45, 7) is 1.68. The number of ketones is 4. The minimum atomic E-state index is -3.00. The lowest BCUT2D eigenvalue weighted by Crippen LogP contribution is -2.77. The number of carbonyl (C=O) groups excluding carboxylic acids is 5. The third-order valence-corrected chi connectivity index (χ3v) is 8.61. The van der Waals surface area contributed by atoms with Crippen molar-refractivity contribution in [3.63, 3.8) is 0 Å². The van der Waals surface area contributed by atoms with E-state index in [0.29, 0.717) is 17.5 Å². The van der Waals surface area contributed by atoms with Gasteiger partial charge in [-0.2, -0.15) is 0 Å². The summed E-state index contributed by atoms with van der Waals surface area (Å²) in [4.78, 5) is 67.7. The van der Waals surface area contributed by atoms with Crippen molar-refractivity contribution in [2.24, 2.45) is 29.4 Å². The number of aliphatic hydroxyl groups is 2. The molecular weight excluding hydrogens is 480 g/mol. The maximum atomic E-state index is 13.9. The van der Waals surface area contributed by atoms with Crippen LogP contribution in [0.4, 0.5) is 0 Å². The maximum Gasteiger partial charge on any atom is 0.235 e. The van der Waals surface area contributed by atoms with Crippen molar-refractivity contribution in [1.82, 2.24) is 4.90 Å². The van der Waals surface area contributed by atoms with Crippen LogP contribution in [-0.2, 0) is 19.2 Å². The predicted octanol–water partition coefficient (Wildman–Crippen LogP) is -0.258. The molecule has 2 fully saturated rings. The molecule has 0 aromatic heterocycles. The average Bonchev–Trinajstić information content (AvgIpc) is 3.35. The number of benzene rings is 1. The quantitative estimate of drug-likeness (QED) is 0.401. The summed E-state index contributed by atoms with van der Waals surface area (Å²) in [6.07, 6.45) is 4.41. The number of allylic oxidation sites excluding steroid dienone is 4. The van der Waals surface area contributed by atoms with Gasteiger partial charge < -0.3 is 21.1 Å². The van der Waals surface area contributed by atoms with Gasteiger partial charge in [0, 0.05) is 11.5 Å². The molecule has 0 radical (unpaired) electrons. The van der Waals surface area contributed by atoms with Gasteiger partial charge in [0.15, 0.2) is 34.7 Å². The van der Waals surface area contributed by atoms with Crippen molar-refractivity contribution >= 4 is 34.6 Å². The van der Waals surface area contributed by atoms with Gasteiger partial charge in [-0.15, -0.1) is 0 Å². The van der Waals surface area contributed by atoms with Crippen LogP contribution in [-0.4, -0.2) is 81.1 Å². The van der Waals surface area contributed by atoms with Gasteiger partial charge in [-0.05, 0) is 37.6 Å². The molecule has 37 heavy (non-hydrogen) atoms. The molecule has 1 amide bonds. The summed E-state index contributed by atoms with van der Waals surface area (Å²) in [6, 6.07) is 1.96. The zero-order chi connectivity index (χ0) is 27.1. The lowest BCUT2D eigenvalue weighted by Gasteiger charge is -2.56. The minimum absolute atomic E-state index is 0.100. The molecule has 10 heteroatoms. The molecule has 8 atom stereocenters. The fraction of sp³-hybridized carbons (Fsp3) is 0.444. The first kappa shape index (κ1) is 25.2. The first-order valence-corrected chi connectivity index (χ1v) is 12.1. The number of hydrogen-bond donors (Lipinski definition) is 4. The van der Waals surface area contributed by atoms with E-state index < -0.39 is 76.4 Å². The van der Waals surface area contributed by atoms with Crippen LogP contribution in [0.15, 0.2) is 30.4 Å². The zero-order valence-corrected chi connectivity index (χ0v) is 20.5. The SMILES string of the molecule is C[C@H]1c2ccc(C3=CC=CC3)c(O)c2C(=O)C2C(=O)[C@]3(O)C(=O)C(C(N)=O)C(=O)[C@@H](N(C)C)[C@@H]3[C@@H](O)[C@@H]21. The molecule has 2 saturated carbocycles. The van der Waals surface area contributed by atoms with Crippen LogP contribution in [0.3, 0.4) is 0 Å². The van der Waals surface area contributed by atoms with E-state index >= 15 is 0 Å². The molecule has 0 aliphatic heterocycles. The fourth-order valence-corrected chi connectivity index (χ4v) is 6.90. The Morgan fingerprint density at radius 1 is 1.14 bits per heavy atom. The van der Waals surface area contributed by atoms with Crippen molar-refractivity contribution in [1.29, 1.82) is 0 Å². The number of Topliss-reactive ketones (excluding diaryl/α,β-unsaturated/α-hetero) is 4. The number of rotatable bonds is 3. The van der Waals surface area contributed by atoms with E-state index in [1.165, 1.54) is 19.0 Å². The van der Waals surface area contributed by atoms with Crippen LogP contribution < -0.4 is 5.73 Å². The van der Waals surface area contributed by atoms with E-state index in [1.54, 1.807) is 25.1 Å². The molecule has 5 N–H and O–H groups in total. The van der Waals surface area contributed by atoms with Crippen molar-refractivity contribution in [2.45, 2.75) is 37.0 Å². The topological polar surface area (TPSA) is 175 Å². The molecule has 4 aliphatic carbocycles. The molecule has 4 aliphatic rings. The maximum absolute atomic E-state index is 13.9. The first-order chi connectivity index (χ1) is 17.3. The Bertz CT molecular complexity index is 1340. The van der Waals surface area contributed by atoms with Crippen molar-refractivity contribution in [3.05, 3.63) is 47.1 Å². The van der Waals surface area contributed by atoms with Gasteiger partial charge in [-0.3, -0.25) is 28.9 Å². The van der Waals surface area contributed by atoms with Crippen molar-refractivity contribution < 1.29 is 39.3 Å². The van der Waals surface area contributed by atoms with Crippen LogP contribution in [0.5, 0.6) is 5.75 Å². The smallest absolute Gasteiger partial charge is 0.235 e. The van der Waals surface area contributed by atoms with Gasteiger partial charge in [-0.25, -0.2) is 0 Å². The molecule has 0 saturated heterocycles. The second-order valence-electron chi connectivity index (χ2n) is 10.6. The minimum Gasteiger partial charge on any atom is -0.507 e. The second-order valence-corrected chi connectivity index (χ2v) is 10.6. The summed E-state index contributed by atoms with van der Waals surface area (Å²) >= 11 is 0. The highest BCUT2D eigenvalue weighted by atomic mass is 16.3. The fourth-order valence-electron chi connectivity index (χ4n) is 6.90. The lowest BCUT2D eigenvalue weighted by molar-refractivity contribution is -0.196. The van der Waals surface area contributed by atoms with Gasteiger partial charge in [0.1, 0.15) is 5.75 Å². The third kappa shape index (κ3) is 3.12. The first-order valence-electron chi connectivity index (χ1n) is 12.1. The van der Waals surface area contributed by atoms with Gasteiger partial charge in [0.05, 0.1) is 29.5 Å². The number of primary amides is 1. The van der Waals surface area contributed by atoms with E-state index in [2.05, 4.69) is 0 Å². The Kier molecular flexibility index (Phi) is 5.63. The molecular formula is C27H28N2O8. The van der Waals surface area contributed by atoms with E-state index in [1.807, 2.05) is 12.2 Å². The van der Waals surface area contributed by atoms with Crippen molar-refractivity contribution in [3.8, 4) is 5.75 Å². The van der Waals surface area contributed by atoms with Crippen molar-refractivity contribution in [2.75, 3.05) is 14.1 Å². The Morgan fingerprint density at radius 3 is 2.38 bits per heavy atom. The number of aliphatic hydroxyl groups excluding tert-OH is 1. The van der Waals surface area contributed by atoms with Gasteiger partial charge in [0.2, 0.25) is 5.91 Å². The second kappa shape index (κ2) is 8.27. The van der Waals surface area contributed by atoms with Crippen LogP contribution in [0.1, 0.15) is 40.7 Å². The third-order valence-electron chi connectivity index (χ3n) is 8.61. The normalized spacial score (nSPS) is 36.8. The number of aromatic hydroxyl groups is 1. The van der Waals surface area contributed by atoms with Gasteiger partial charge in [-0.1, -0.05) is 37.3 Å². The van der Waals surface area contributed by atoms with Gasteiger partial charge in [0.25, 0.3) is 0 Å². The molecule has 2 unspecified atom stereocenters. The summed E-state index contributed by atoms with van der Waals surface area (Å²) in [5, 5.41) is 34.4. The highest BCUT2D eigenvalue weighted by Crippen LogP contribution is 2.55. The number of amides is 1. The van der Waals surface area contributed by atoms with E-state index in [0.717, 1.165) is 5.57 Å². The van der Waals surface area contributed by atoms with Crippen LogP contribution in [0, 0.1) is 23.7 Å². The monoisotopic (exact) mass is 508 g/mol. The number of carbonyl (C=O) groups is 5. The number of phenols is 1. The van der Waals surface area contributed by atoms with Crippen LogP contribution >= 0.6 is 0 Å². The molecule has 0 bridgehead atoms. The number of phenolic OH excluding ortho intramolecular Hbond substituents is 1. The molecule has 10 nitrogen and oxygen atoms in total. The standard InChI is InChI=1S/C27H28N2O8/c1-10-12-8-9-13(11-6-4-5-7-11)20(30)15(12)21(31)16-14(10)22(32)18-19(29(2)3)23(33)17(26(28)36)25(35)27(18,37)24(16)34/h4-6,8-10,14,16-19,22,30,32,37H,7H2,1-3H3,(H2,28,36)/t10-,14+,16?,17?,18+,19-,22-,27-/m0/s1. The predicted molar refractivity (Wildman–Crippen MR) is 129 cm³/mol. The number of nitrogens with zero attached hydrogens (tertiary/aromatic N) is 1. The number of hydrogen-bond acceptors (Lipinski definition) is 9. The lowest BCUT2D eigenvalue weighted by atomic mass is 9.49. The van der Waals surface area contributed by atoms with E-state index in [9.17, 15) is 39.3 Å². The Morgan fingerprint density at radius 2 is 1.81 bits per heavy atom.